The molecular weight excluding hydrogens is 230 g/mol. The van der Waals surface area contributed by atoms with Crippen LogP contribution in [0.5, 0.6) is 0 Å². The molecule has 1 heterocycles. The summed E-state index contributed by atoms with van der Waals surface area (Å²) in [6, 6.07) is 10.5. The van der Waals surface area contributed by atoms with Crippen molar-refractivity contribution in [2.45, 2.75) is 19.0 Å². The molecule has 1 aromatic carbocycles. The molecule has 0 saturated carbocycles. The summed E-state index contributed by atoms with van der Waals surface area (Å²) in [5, 5.41) is 5.38. The summed E-state index contributed by atoms with van der Waals surface area (Å²) in [6.07, 6.45) is 0.908. The smallest absolute Gasteiger partial charge is 0.0795 e. The van der Waals surface area contributed by atoms with Gasteiger partial charge in [0.15, 0.2) is 0 Å². The first-order valence-electron chi connectivity index (χ1n) is 5.72. The van der Waals surface area contributed by atoms with Crippen molar-refractivity contribution >= 4 is 11.3 Å². The van der Waals surface area contributed by atoms with Gasteiger partial charge in [0, 0.05) is 24.5 Å². The van der Waals surface area contributed by atoms with E-state index in [9.17, 15) is 0 Å². The Morgan fingerprint density at radius 2 is 2.12 bits per heavy atom. The van der Waals surface area contributed by atoms with Crippen LogP contribution < -0.4 is 11.1 Å². The first-order valence-corrected chi connectivity index (χ1v) is 6.66. The highest BCUT2D eigenvalue weighted by atomic mass is 32.1. The van der Waals surface area contributed by atoms with Gasteiger partial charge >= 0.3 is 0 Å². The summed E-state index contributed by atoms with van der Waals surface area (Å²) in [4.78, 5) is 4.21. The second kappa shape index (κ2) is 6.49. The first-order chi connectivity index (χ1) is 8.34. The molecule has 90 valence electrons. The molecule has 1 atom stereocenters. The largest absolute Gasteiger partial charge is 0.326 e. The van der Waals surface area contributed by atoms with Crippen molar-refractivity contribution in [1.82, 2.24) is 10.3 Å². The van der Waals surface area contributed by atoms with E-state index in [4.69, 9.17) is 5.73 Å². The summed E-state index contributed by atoms with van der Waals surface area (Å²) in [6.45, 7) is 1.61. The Balaban J connectivity index is 1.69. The quantitative estimate of drug-likeness (QED) is 0.818. The van der Waals surface area contributed by atoms with Gasteiger partial charge in [0.2, 0.25) is 0 Å². The van der Waals surface area contributed by atoms with Crippen molar-refractivity contribution in [1.29, 1.82) is 0 Å². The summed E-state index contributed by atoms with van der Waals surface area (Å²) in [5.41, 5.74) is 10.3. The molecule has 0 bridgehead atoms. The number of hydrogen-bond acceptors (Lipinski definition) is 4. The predicted octanol–water partition coefficient (Wildman–Crippen LogP) is 1.80. The van der Waals surface area contributed by atoms with Crippen LogP contribution in [0, 0.1) is 0 Å². The van der Waals surface area contributed by atoms with Gasteiger partial charge in [-0.15, -0.1) is 11.3 Å². The molecule has 3 nitrogen and oxygen atoms in total. The van der Waals surface area contributed by atoms with E-state index in [1.165, 1.54) is 5.56 Å². The minimum atomic E-state index is 0.149. The number of hydrogen-bond donors (Lipinski definition) is 2. The normalized spacial score (nSPS) is 12.5. The lowest BCUT2D eigenvalue weighted by atomic mass is 10.1. The number of benzene rings is 1. The lowest BCUT2D eigenvalue weighted by Crippen LogP contribution is -2.35. The lowest BCUT2D eigenvalue weighted by Gasteiger charge is -2.12. The average Bonchev–Trinajstić information content (AvgIpc) is 2.83. The van der Waals surface area contributed by atoms with Crippen molar-refractivity contribution in [2.75, 3.05) is 6.54 Å². The van der Waals surface area contributed by atoms with Gasteiger partial charge in [-0.1, -0.05) is 30.3 Å². The van der Waals surface area contributed by atoms with E-state index in [0.29, 0.717) is 0 Å². The third-order valence-electron chi connectivity index (χ3n) is 2.54. The third kappa shape index (κ3) is 4.26. The van der Waals surface area contributed by atoms with E-state index in [-0.39, 0.29) is 6.04 Å². The zero-order valence-electron chi connectivity index (χ0n) is 9.67. The maximum atomic E-state index is 6.06. The van der Waals surface area contributed by atoms with Gasteiger partial charge in [-0.2, -0.15) is 0 Å². The molecule has 0 saturated heterocycles. The minimum absolute atomic E-state index is 0.149. The molecule has 0 spiro atoms. The van der Waals surface area contributed by atoms with Crippen LogP contribution in [0.1, 0.15) is 11.3 Å². The number of nitrogens with two attached hydrogens (primary N) is 1. The summed E-state index contributed by atoms with van der Waals surface area (Å²) in [5.74, 6) is 0. The second-order valence-corrected chi connectivity index (χ2v) is 4.78. The first kappa shape index (κ1) is 12.2. The fourth-order valence-corrected chi connectivity index (χ4v) is 2.26. The van der Waals surface area contributed by atoms with Gasteiger partial charge in [0.25, 0.3) is 0 Å². The number of nitrogens with zero attached hydrogens (tertiary/aromatic N) is 1. The zero-order chi connectivity index (χ0) is 11.9. The summed E-state index contributed by atoms with van der Waals surface area (Å²) < 4.78 is 0. The maximum Gasteiger partial charge on any atom is 0.0795 e. The number of aromatic nitrogens is 1. The van der Waals surface area contributed by atoms with Crippen LogP contribution in [0.15, 0.2) is 41.2 Å². The molecular formula is C13H17N3S. The molecule has 3 N–H and O–H groups in total. The Bertz CT molecular complexity index is 413. The number of rotatable bonds is 6. The number of nitrogens with one attached hydrogen (secondary N) is 1. The van der Waals surface area contributed by atoms with E-state index in [1.807, 2.05) is 23.7 Å². The standard InChI is InChI=1S/C13H17N3S/c14-12(6-11-4-2-1-3-5-11)7-15-8-13-9-17-10-16-13/h1-5,9-10,12,15H,6-8,14H2. The zero-order valence-corrected chi connectivity index (χ0v) is 10.5. The van der Waals surface area contributed by atoms with E-state index in [1.54, 1.807) is 11.3 Å². The van der Waals surface area contributed by atoms with E-state index < -0.39 is 0 Å². The van der Waals surface area contributed by atoms with Crippen LogP contribution in [-0.2, 0) is 13.0 Å². The molecule has 2 aromatic rings. The van der Waals surface area contributed by atoms with Crippen molar-refractivity contribution < 1.29 is 0 Å². The van der Waals surface area contributed by atoms with Gasteiger partial charge in [-0.25, -0.2) is 4.98 Å². The Kier molecular flexibility index (Phi) is 4.67. The Hall–Kier alpha value is -1.23. The van der Waals surface area contributed by atoms with Crippen LogP contribution >= 0.6 is 11.3 Å². The predicted molar refractivity (Wildman–Crippen MR) is 71.9 cm³/mol. The van der Waals surface area contributed by atoms with Gasteiger partial charge in [-0.05, 0) is 12.0 Å². The van der Waals surface area contributed by atoms with Gasteiger partial charge < -0.3 is 11.1 Å². The van der Waals surface area contributed by atoms with Gasteiger partial charge in [0.1, 0.15) is 0 Å². The molecule has 0 aliphatic heterocycles. The lowest BCUT2D eigenvalue weighted by molar-refractivity contribution is 0.569. The van der Waals surface area contributed by atoms with Crippen LogP contribution in [0.2, 0.25) is 0 Å². The van der Waals surface area contributed by atoms with Gasteiger partial charge in [0.05, 0.1) is 11.2 Å². The van der Waals surface area contributed by atoms with Crippen molar-refractivity contribution in [3.05, 3.63) is 52.5 Å². The molecule has 1 unspecified atom stereocenters. The van der Waals surface area contributed by atoms with Crippen LogP contribution in [0.3, 0.4) is 0 Å². The second-order valence-electron chi connectivity index (χ2n) is 4.06. The van der Waals surface area contributed by atoms with E-state index in [2.05, 4.69) is 27.8 Å². The van der Waals surface area contributed by atoms with E-state index >= 15 is 0 Å². The summed E-state index contributed by atoms with van der Waals surface area (Å²) >= 11 is 1.62. The highest BCUT2D eigenvalue weighted by Crippen LogP contribution is 2.02. The van der Waals surface area contributed by atoms with Crippen molar-refractivity contribution in [2.24, 2.45) is 5.73 Å². The molecule has 17 heavy (non-hydrogen) atoms. The fraction of sp³-hybridized carbons (Fsp3) is 0.308. The minimum Gasteiger partial charge on any atom is -0.326 e. The van der Waals surface area contributed by atoms with Crippen LogP contribution in [0.4, 0.5) is 0 Å². The van der Waals surface area contributed by atoms with Gasteiger partial charge in [-0.3, -0.25) is 0 Å². The molecule has 0 aliphatic carbocycles. The molecule has 0 aliphatic rings. The monoisotopic (exact) mass is 247 g/mol. The molecule has 0 amide bonds. The molecule has 0 radical (unpaired) electrons. The fourth-order valence-electron chi connectivity index (χ4n) is 1.70. The average molecular weight is 247 g/mol. The topological polar surface area (TPSA) is 50.9 Å². The molecule has 1 aromatic heterocycles. The maximum absolute atomic E-state index is 6.06. The Morgan fingerprint density at radius 3 is 2.82 bits per heavy atom. The Labute approximate surface area is 106 Å². The summed E-state index contributed by atoms with van der Waals surface area (Å²) in [7, 11) is 0. The SMILES string of the molecule is NC(CNCc1cscn1)Cc1ccccc1. The van der Waals surface area contributed by atoms with E-state index in [0.717, 1.165) is 25.2 Å². The van der Waals surface area contributed by atoms with Crippen LogP contribution in [-0.4, -0.2) is 17.6 Å². The molecule has 2 rings (SSSR count). The number of thiazole rings is 1. The highest BCUT2D eigenvalue weighted by Gasteiger charge is 2.03. The third-order valence-corrected chi connectivity index (χ3v) is 3.17. The van der Waals surface area contributed by atoms with Crippen LogP contribution in [0.25, 0.3) is 0 Å². The Morgan fingerprint density at radius 1 is 1.29 bits per heavy atom. The van der Waals surface area contributed by atoms with Crippen molar-refractivity contribution in [3.8, 4) is 0 Å². The molecule has 4 heteroatoms. The highest BCUT2D eigenvalue weighted by molar-refractivity contribution is 7.07. The molecule has 0 fully saturated rings. The van der Waals surface area contributed by atoms with Crippen molar-refractivity contribution in [3.63, 3.8) is 0 Å².